The van der Waals surface area contributed by atoms with Crippen LogP contribution in [-0.2, 0) is 6.54 Å². The number of para-hydroxylation sites is 2. The minimum absolute atomic E-state index is 0.108. The van der Waals surface area contributed by atoms with Gasteiger partial charge in [0.1, 0.15) is 5.75 Å². The van der Waals surface area contributed by atoms with Gasteiger partial charge in [0.05, 0.1) is 24.6 Å². The lowest BCUT2D eigenvalue weighted by atomic mass is 10.2. The number of fused-ring (bicyclic) bond motifs is 3. The zero-order chi connectivity index (χ0) is 19.7. The van der Waals surface area contributed by atoms with Crippen LogP contribution in [0.5, 0.6) is 5.75 Å². The highest BCUT2D eigenvalue weighted by Crippen LogP contribution is 2.25. The zero-order valence-corrected chi connectivity index (χ0v) is 17.5. The molecule has 0 amide bonds. The first-order valence-corrected chi connectivity index (χ1v) is 10.3. The van der Waals surface area contributed by atoms with E-state index in [1.807, 2.05) is 52.9 Å². The predicted molar refractivity (Wildman–Crippen MR) is 116 cm³/mol. The molecule has 2 aromatic carbocycles. The molecule has 6 nitrogen and oxygen atoms in total. The van der Waals surface area contributed by atoms with E-state index < -0.39 is 0 Å². The maximum absolute atomic E-state index is 13.2. The predicted octanol–water partition coefficient (Wildman–Crippen LogP) is 4.10. The molecule has 0 atom stereocenters. The van der Waals surface area contributed by atoms with E-state index in [1.54, 1.807) is 11.7 Å². The SMILES string of the molecule is C=C(Br)CSc1nnc2n(Cc3ccccc3OC)c(=O)c3ccccc3n12. The Labute approximate surface area is 174 Å². The van der Waals surface area contributed by atoms with Crippen molar-refractivity contribution in [1.82, 2.24) is 19.2 Å². The maximum atomic E-state index is 13.2. The Kier molecular flexibility index (Phi) is 5.23. The van der Waals surface area contributed by atoms with Crippen LogP contribution in [0.4, 0.5) is 0 Å². The van der Waals surface area contributed by atoms with Gasteiger partial charge in [-0.25, -0.2) is 0 Å². The second kappa shape index (κ2) is 7.81. The first kappa shape index (κ1) is 18.8. The molecule has 2 heterocycles. The number of nitrogens with zero attached hydrogens (tertiary/aromatic N) is 4. The third-order valence-corrected chi connectivity index (χ3v) is 6.02. The van der Waals surface area contributed by atoms with E-state index >= 15 is 0 Å². The number of aromatic nitrogens is 4. The number of hydrogen-bond donors (Lipinski definition) is 0. The molecule has 0 N–H and O–H groups in total. The largest absolute Gasteiger partial charge is 0.496 e. The van der Waals surface area contributed by atoms with Gasteiger partial charge in [0.2, 0.25) is 5.78 Å². The van der Waals surface area contributed by atoms with Crippen LogP contribution in [0.15, 0.2) is 69.5 Å². The van der Waals surface area contributed by atoms with Gasteiger partial charge in [-0.1, -0.05) is 64.6 Å². The Morgan fingerprint density at radius 2 is 1.93 bits per heavy atom. The monoisotopic (exact) mass is 456 g/mol. The van der Waals surface area contributed by atoms with E-state index in [1.165, 1.54) is 11.8 Å². The Bertz CT molecular complexity index is 1250. The molecule has 0 saturated carbocycles. The van der Waals surface area contributed by atoms with E-state index in [4.69, 9.17) is 4.74 Å². The number of halogens is 1. The minimum atomic E-state index is -0.108. The Morgan fingerprint density at radius 1 is 1.18 bits per heavy atom. The van der Waals surface area contributed by atoms with E-state index in [-0.39, 0.29) is 5.56 Å². The van der Waals surface area contributed by atoms with Crippen LogP contribution in [0.2, 0.25) is 0 Å². The molecule has 0 spiro atoms. The zero-order valence-electron chi connectivity index (χ0n) is 15.1. The summed E-state index contributed by atoms with van der Waals surface area (Å²) in [6.07, 6.45) is 0. The Hall–Kier alpha value is -2.58. The first-order valence-electron chi connectivity index (χ1n) is 8.55. The highest BCUT2D eigenvalue weighted by atomic mass is 79.9. The van der Waals surface area contributed by atoms with Crippen LogP contribution < -0.4 is 10.3 Å². The molecule has 0 aliphatic carbocycles. The van der Waals surface area contributed by atoms with Crippen molar-refractivity contribution in [3.63, 3.8) is 0 Å². The average Bonchev–Trinajstić information content (AvgIpc) is 3.14. The molecule has 0 radical (unpaired) electrons. The molecule has 4 aromatic rings. The molecule has 0 saturated heterocycles. The van der Waals surface area contributed by atoms with Crippen molar-refractivity contribution in [2.75, 3.05) is 12.9 Å². The van der Waals surface area contributed by atoms with Crippen molar-refractivity contribution in [2.45, 2.75) is 11.7 Å². The highest BCUT2D eigenvalue weighted by Gasteiger charge is 2.17. The standard InChI is InChI=1S/C20H17BrN4O2S/c1-13(21)12-28-20-23-22-19-24(11-14-7-3-6-10-17(14)27-2)18(26)15-8-4-5-9-16(15)25(19)20/h3-10H,1,11-12H2,2H3. The van der Waals surface area contributed by atoms with Gasteiger partial charge in [-0.05, 0) is 22.7 Å². The second-order valence-electron chi connectivity index (χ2n) is 6.14. The molecule has 142 valence electrons. The summed E-state index contributed by atoms with van der Waals surface area (Å²) in [6.45, 7) is 4.21. The average molecular weight is 457 g/mol. The van der Waals surface area contributed by atoms with Crippen LogP contribution in [-0.4, -0.2) is 32.0 Å². The fraction of sp³-hybridized carbons (Fsp3) is 0.150. The van der Waals surface area contributed by atoms with Crippen LogP contribution in [0.3, 0.4) is 0 Å². The summed E-state index contributed by atoms with van der Waals surface area (Å²) in [6, 6.07) is 15.2. The van der Waals surface area contributed by atoms with Crippen LogP contribution >= 0.6 is 27.7 Å². The number of benzene rings is 2. The molecule has 0 bridgehead atoms. The summed E-state index contributed by atoms with van der Waals surface area (Å²) in [5.74, 6) is 1.88. The van der Waals surface area contributed by atoms with Crippen molar-refractivity contribution in [2.24, 2.45) is 0 Å². The summed E-state index contributed by atoms with van der Waals surface area (Å²) in [7, 11) is 1.62. The lowest BCUT2D eigenvalue weighted by Crippen LogP contribution is -2.24. The molecule has 0 aliphatic rings. The molecule has 28 heavy (non-hydrogen) atoms. The lowest BCUT2D eigenvalue weighted by molar-refractivity contribution is 0.408. The quantitative estimate of drug-likeness (QED) is 0.408. The van der Waals surface area contributed by atoms with Crippen molar-refractivity contribution in [1.29, 1.82) is 0 Å². The van der Waals surface area contributed by atoms with Gasteiger partial charge in [-0.2, -0.15) is 0 Å². The maximum Gasteiger partial charge on any atom is 0.263 e. The van der Waals surface area contributed by atoms with Gasteiger partial charge < -0.3 is 4.74 Å². The number of thioether (sulfide) groups is 1. The van der Waals surface area contributed by atoms with Gasteiger partial charge in [-0.3, -0.25) is 13.8 Å². The van der Waals surface area contributed by atoms with Gasteiger partial charge in [0.15, 0.2) is 5.16 Å². The van der Waals surface area contributed by atoms with Crippen LogP contribution in [0.25, 0.3) is 16.7 Å². The molecular weight excluding hydrogens is 440 g/mol. The smallest absolute Gasteiger partial charge is 0.263 e. The van der Waals surface area contributed by atoms with Crippen LogP contribution in [0.1, 0.15) is 5.56 Å². The summed E-state index contributed by atoms with van der Waals surface area (Å²) in [4.78, 5) is 13.2. The number of hydrogen-bond acceptors (Lipinski definition) is 5. The fourth-order valence-corrected chi connectivity index (χ4v) is 4.15. The van der Waals surface area contributed by atoms with Crippen molar-refractivity contribution < 1.29 is 4.74 Å². The number of methoxy groups -OCH3 is 1. The van der Waals surface area contributed by atoms with Gasteiger partial charge in [-0.15, -0.1) is 10.2 Å². The van der Waals surface area contributed by atoms with E-state index in [0.717, 1.165) is 21.3 Å². The summed E-state index contributed by atoms with van der Waals surface area (Å²) < 4.78 is 9.87. The Balaban J connectivity index is 1.96. The van der Waals surface area contributed by atoms with Crippen molar-refractivity contribution in [3.05, 3.63) is 75.5 Å². The first-order chi connectivity index (χ1) is 13.6. The highest BCUT2D eigenvalue weighted by molar-refractivity contribution is 9.11. The number of ether oxygens (including phenoxy) is 1. The third kappa shape index (κ3) is 3.33. The third-order valence-electron chi connectivity index (χ3n) is 4.36. The van der Waals surface area contributed by atoms with E-state index in [9.17, 15) is 4.79 Å². The molecular formula is C20H17BrN4O2S. The summed E-state index contributed by atoms with van der Waals surface area (Å²) in [5, 5.41) is 9.98. The fourth-order valence-electron chi connectivity index (χ4n) is 3.12. The molecule has 8 heteroatoms. The molecule has 0 fully saturated rings. The van der Waals surface area contributed by atoms with Gasteiger partial charge in [0, 0.05) is 11.3 Å². The minimum Gasteiger partial charge on any atom is -0.496 e. The number of rotatable bonds is 6. The second-order valence-corrected chi connectivity index (χ2v) is 8.21. The summed E-state index contributed by atoms with van der Waals surface area (Å²) in [5.41, 5.74) is 1.57. The topological polar surface area (TPSA) is 61.4 Å². The molecule has 4 rings (SSSR count). The van der Waals surface area contributed by atoms with Gasteiger partial charge >= 0.3 is 0 Å². The molecule has 2 aromatic heterocycles. The molecule has 0 unspecified atom stereocenters. The lowest BCUT2D eigenvalue weighted by Gasteiger charge is -2.13. The van der Waals surface area contributed by atoms with Gasteiger partial charge in [0.25, 0.3) is 5.56 Å². The molecule has 0 aliphatic heterocycles. The normalized spacial score (nSPS) is 11.2. The van der Waals surface area contributed by atoms with E-state index in [2.05, 4.69) is 32.7 Å². The van der Waals surface area contributed by atoms with E-state index in [0.29, 0.717) is 28.6 Å². The Morgan fingerprint density at radius 3 is 2.71 bits per heavy atom. The van der Waals surface area contributed by atoms with Crippen LogP contribution in [0, 0.1) is 0 Å². The summed E-state index contributed by atoms with van der Waals surface area (Å²) >= 11 is 4.89. The van der Waals surface area contributed by atoms with Crippen molar-refractivity contribution >= 4 is 44.4 Å². The van der Waals surface area contributed by atoms with Crippen molar-refractivity contribution in [3.8, 4) is 5.75 Å².